The average molecular weight is 340 g/mol. The molecule has 106 valence electrons. The number of fused-ring (bicyclic) bond motifs is 1. The number of benzene rings is 3. The molecule has 0 saturated carbocycles. The lowest BCUT2D eigenvalue weighted by Crippen LogP contribution is -2.14. The highest BCUT2D eigenvalue weighted by Gasteiger charge is 2.11. The maximum absolute atomic E-state index is 6.41. The highest BCUT2D eigenvalue weighted by atomic mass is 79.9. The fraction of sp³-hybridized carbons (Fsp3) is 0.158. The lowest BCUT2D eigenvalue weighted by atomic mass is 9.97. The first-order valence-electron chi connectivity index (χ1n) is 7.13. The summed E-state index contributed by atoms with van der Waals surface area (Å²) < 4.78 is 1.08. The topological polar surface area (TPSA) is 26.0 Å². The van der Waals surface area contributed by atoms with Gasteiger partial charge in [0.1, 0.15) is 0 Å². The number of hydrogen-bond acceptors (Lipinski definition) is 1. The summed E-state index contributed by atoms with van der Waals surface area (Å²) in [6.45, 7) is 2.10. The number of halogens is 1. The van der Waals surface area contributed by atoms with Crippen LogP contribution in [0.1, 0.15) is 22.7 Å². The predicted molar refractivity (Wildman–Crippen MR) is 93.5 cm³/mol. The van der Waals surface area contributed by atoms with E-state index < -0.39 is 0 Å². The molecule has 3 aromatic carbocycles. The Morgan fingerprint density at radius 2 is 1.71 bits per heavy atom. The molecular weight excluding hydrogens is 322 g/mol. The van der Waals surface area contributed by atoms with Gasteiger partial charge < -0.3 is 5.73 Å². The molecule has 3 aromatic rings. The van der Waals surface area contributed by atoms with Gasteiger partial charge in [-0.15, -0.1) is 0 Å². The summed E-state index contributed by atoms with van der Waals surface area (Å²) in [4.78, 5) is 0. The Hall–Kier alpha value is -1.64. The van der Waals surface area contributed by atoms with Crippen LogP contribution in [0.4, 0.5) is 0 Å². The van der Waals surface area contributed by atoms with E-state index in [1.165, 1.54) is 27.5 Å². The van der Waals surface area contributed by atoms with Crippen LogP contribution in [0.25, 0.3) is 10.8 Å². The zero-order chi connectivity index (χ0) is 14.8. The fourth-order valence-electron chi connectivity index (χ4n) is 2.68. The number of aryl methyl sites for hydroxylation is 1. The van der Waals surface area contributed by atoms with E-state index in [1.807, 2.05) is 0 Å². The number of rotatable bonds is 3. The van der Waals surface area contributed by atoms with E-state index in [1.54, 1.807) is 0 Å². The summed E-state index contributed by atoms with van der Waals surface area (Å²) in [6, 6.07) is 21.3. The molecule has 0 fully saturated rings. The standard InChI is InChI=1S/C19H18BrN/c1-13-6-9-18(20)17(10-13)19(21)12-14-7-8-15-4-2-3-5-16(15)11-14/h2-11,19H,12,21H2,1H3. The Morgan fingerprint density at radius 1 is 0.952 bits per heavy atom. The van der Waals surface area contributed by atoms with Gasteiger partial charge in [0.15, 0.2) is 0 Å². The molecule has 0 heterocycles. The molecule has 2 heteroatoms. The van der Waals surface area contributed by atoms with Crippen LogP contribution in [0.2, 0.25) is 0 Å². The van der Waals surface area contributed by atoms with Crippen molar-refractivity contribution in [2.45, 2.75) is 19.4 Å². The Labute approximate surface area is 133 Å². The van der Waals surface area contributed by atoms with E-state index >= 15 is 0 Å². The minimum atomic E-state index is 0.000405. The molecule has 0 aliphatic heterocycles. The van der Waals surface area contributed by atoms with E-state index in [4.69, 9.17) is 5.73 Å². The van der Waals surface area contributed by atoms with E-state index in [0.29, 0.717) is 0 Å². The third kappa shape index (κ3) is 3.17. The van der Waals surface area contributed by atoms with Gasteiger partial charge in [-0.25, -0.2) is 0 Å². The molecule has 21 heavy (non-hydrogen) atoms. The molecule has 1 atom stereocenters. The van der Waals surface area contributed by atoms with E-state index in [9.17, 15) is 0 Å². The summed E-state index contributed by atoms with van der Waals surface area (Å²) in [6.07, 6.45) is 0.840. The van der Waals surface area contributed by atoms with Crippen molar-refractivity contribution in [2.75, 3.05) is 0 Å². The lowest BCUT2D eigenvalue weighted by Gasteiger charge is -2.15. The molecule has 0 spiro atoms. The second kappa shape index (κ2) is 6.00. The van der Waals surface area contributed by atoms with Crippen LogP contribution in [0.3, 0.4) is 0 Å². The molecule has 3 rings (SSSR count). The van der Waals surface area contributed by atoms with Crippen molar-refractivity contribution in [1.29, 1.82) is 0 Å². The second-order valence-corrected chi connectivity index (χ2v) is 6.37. The van der Waals surface area contributed by atoms with Gasteiger partial charge in [0, 0.05) is 10.5 Å². The van der Waals surface area contributed by atoms with Crippen LogP contribution in [0.5, 0.6) is 0 Å². The van der Waals surface area contributed by atoms with Crippen molar-refractivity contribution < 1.29 is 0 Å². The molecule has 0 radical (unpaired) electrons. The predicted octanol–water partition coefficient (Wildman–Crippen LogP) is 5.15. The van der Waals surface area contributed by atoms with E-state index in [0.717, 1.165) is 10.9 Å². The molecule has 0 aliphatic carbocycles. The van der Waals surface area contributed by atoms with Gasteiger partial charge in [-0.1, -0.05) is 76.1 Å². The van der Waals surface area contributed by atoms with Crippen molar-refractivity contribution in [3.63, 3.8) is 0 Å². The first kappa shape index (κ1) is 14.3. The largest absolute Gasteiger partial charge is 0.324 e. The monoisotopic (exact) mass is 339 g/mol. The van der Waals surface area contributed by atoms with Crippen LogP contribution in [0, 0.1) is 6.92 Å². The summed E-state index contributed by atoms with van der Waals surface area (Å²) in [5, 5.41) is 2.54. The molecule has 1 unspecified atom stereocenters. The highest BCUT2D eigenvalue weighted by Crippen LogP contribution is 2.26. The Morgan fingerprint density at radius 3 is 2.52 bits per heavy atom. The molecular formula is C19H18BrN. The molecule has 0 aliphatic rings. The molecule has 0 saturated heterocycles. The first-order valence-corrected chi connectivity index (χ1v) is 7.92. The highest BCUT2D eigenvalue weighted by molar-refractivity contribution is 9.10. The maximum atomic E-state index is 6.41. The third-order valence-electron chi connectivity index (χ3n) is 3.82. The summed E-state index contributed by atoms with van der Waals surface area (Å²) in [7, 11) is 0. The van der Waals surface area contributed by atoms with Crippen LogP contribution in [-0.2, 0) is 6.42 Å². The van der Waals surface area contributed by atoms with Crippen LogP contribution in [-0.4, -0.2) is 0 Å². The van der Waals surface area contributed by atoms with Gasteiger partial charge in [-0.3, -0.25) is 0 Å². The maximum Gasteiger partial charge on any atom is 0.0347 e. The van der Waals surface area contributed by atoms with Crippen molar-refractivity contribution in [2.24, 2.45) is 5.73 Å². The SMILES string of the molecule is Cc1ccc(Br)c(C(N)Cc2ccc3ccccc3c2)c1. The van der Waals surface area contributed by atoms with Crippen LogP contribution >= 0.6 is 15.9 Å². The van der Waals surface area contributed by atoms with Gasteiger partial charge in [0.05, 0.1) is 0 Å². The van der Waals surface area contributed by atoms with E-state index in [2.05, 4.69) is 83.5 Å². The van der Waals surface area contributed by atoms with Crippen molar-refractivity contribution >= 4 is 26.7 Å². The number of hydrogen-bond donors (Lipinski definition) is 1. The molecule has 0 aromatic heterocycles. The Kier molecular flexibility index (Phi) is 4.09. The molecule has 2 N–H and O–H groups in total. The van der Waals surface area contributed by atoms with Gasteiger partial charge in [0.2, 0.25) is 0 Å². The third-order valence-corrected chi connectivity index (χ3v) is 4.54. The first-order chi connectivity index (χ1) is 10.1. The lowest BCUT2D eigenvalue weighted by molar-refractivity contribution is 0.718. The fourth-order valence-corrected chi connectivity index (χ4v) is 3.22. The van der Waals surface area contributed by atoms with Crippen LogP contribution < -0.4 is 5.73 Å². The van der Waals surface area contributed by atoms with Gasteiger partial charge >= 0.3 is 0 Å². The van der Waals surface area contributed by atoms with Gasteiger partial charge in [-0.2, -0.15) is 0 Å². The van der Waals surface area contributed by atoms with Gasteiger partial charge in [0.25, 0.3) is 0 Å². The smallest absolute Gasteiger partial charge is 0.0347 e. The minimum absolute atomic E-state index is 0.000405. The van der Waals surface area contributed by atoms with E-state index in [-0.39, 0.29) is 6.04 Å². The van der Waals surface area contributed by atoms with Crippen molar-refractivity contribution in [1.82, 2.24) is 0 Å². The molecule has 1 nitrogen and oxygen atoms in total. The number of nitrogens with two attached hydrogens (primary N) is 1. The second-order valence-electron chi connectivity index (χ2n) is 5.52. The summed E-state index contributed by atoms with van der Waals surface area (Å²) in [5.41, 5.74) is 10.1. The molecule has 0 amide bonds. The summed E-state index contributed by atoms with van der Waals surface area (Å²) >= 11 is 3.60. The average Bonchev–Trinajstić information content (AvgIpc) is 2.49. The Balaban J connectivity index is 1.88. The van der Waals surface area contributed by atoms with Crippen LogP contribution in [0.15, 0.2) is 65.1 Å². The zero-order valence-electron chi connectivity index (χ0n) is 12.0. The van der Waals surface area contributed by atoms with Crippen molar-refractivity contribution in [3.05, 3.63) is 81.8 Å². The normalized spacial score (nSPS) is 12.5. The minimum Gasteiger partial charge on any atom is -0.324 e. The zero-order valence-corrected chi connectivity index (χ0v) is 13.6. The van der Waals surface area contributed by atoms with Crippen molar-refractivity contribution in [3.8, 4) is 0 Å². The van der Waals surface area contributed by atoms with Gasteiger partial charge in [-0.05, 0) is 41.3 Å². The summed E-state index contributed by atoms with van der Waals surface area (Å²) in [5.74, 6) is 0. The Bertz CT molecular complexity index is 779. The molecule has 0 bridgehead atoms. The quantitative estimate of drug-likeness (QED) is 0.701.